The Balaban J connectivity index is 2.00. The van der Waals surface area contributed by atoms with E-state index in [9.17, 15) is 18.0 Å². The lowest BCUT2D eigenvalue weighted by atomic mass is 10.3. The van der Waals surface area contributed by atoms with Gasteiger partial charge < -0.3 is 14.0 Å². The molecule has 9 heteroatoms. The van der Waals surface area contributed by atoms with Crippen LogP contribution in [0.2, 0.25) is 0 Å². The summed E-state index contributed by atoms with van der Waals surface area (Å²) in [7, 11) is -0.655. The average Bonchev–Trinajstić information content (AvgIpc) is 2.65. The second kappa shape index (κ2) is 6.98. The lowest BCUT2D eigenvalue weighted by Gasteiger charge is -2.33. The highest BCUT2D eigenvalue weighted by molar-refractivity contribution is 7.89. The van der Waals surface area contributed by atoms with Crippen molar-refractivity contribution in [3.8, 4) is 0 Å². The van der Waals surface area contributed by atoms with Crippen LogP contribution in [0.15, 0.2) is 32.7 Å². The van der Waals surface area contributed by atoms with Gasteiger partial charge >= 0.3 is 11.1 Å². The quantitative estimate of drug-likeness (QED) is 0.695. The summed E-state index contributed by atoms with van der Waals surface area (Å²) < 4.78 is 29.9. The van der Waals surface area contributed by atoms with Gasteiger partial charge in [0.25, 0.3) is 0 Å². The number of rotatable bonds is 4. The molecule has 0 amide bonds. The topological polar surface area (TPSA) is 84.6 Å². The van der Waals surface area contributed by atoms with Crippen LogP contribution in [-0.2, 0) is 24.1 Å². The van der Waals surface area contributed by atoms with Crippen LogP contribution < -0.4 is 11.1 Å². The third-order valence-corrected chi connectivity index (χ3v) is 6.87. The van der Waals surface area contributed by atoms with E-state index in [1.54, 1.807) is 6.07 Å². The van der Waals surface area contributed by atoms with E-state index in [4.69, 9.17) is 0 Å². The lowest BCUT2D eigenvalue weighted by molar-refractivity contribution is 0.188. The van der Waals surface area contributed by atoms with Crippen molar-refractivity contribution in [3.05, 3.63) is 38.9 Å². The molecular formula is C17H24N4O4S. The zero-order chi connectivity index (χ0) is 19.1. The first-order chi connectivity index (χ1) is 12.3. The summed E-state index contributed by atoms with van der Waals surface area (Å²) in [6.45, 7) is 5.41. The van der Waals surface area contributed by atoms with Crippen LogP contribution in [0.4, 0.5) is 0 Å². The minimum Gasteiger partial charge on any atom is -0.305 e. The smallest absolute Gasteiger partial charge is 0.305 e. The fourth-order valence-corrected chi connectivity index (χ4v) is 4.82. The molecule has 8 nitrogen and oxygen atoms in total. The van der Waals surface area contributed by atoms with Crippen molar-refractivity contribution < 1.29 is 8.42 Å². The highest BCUT2D eigenvalue weighted by Gasteiger charge is 2.28. The molecule has 142 valence electrons. The van der Waals surface area contributed by atoms with E-state index in [-0.39, 0.29) is 4.90 Å². The number of aromatic nitrogens is 2. The van der Waals surface area contributed by atoms with Crippen LogP contribution in [0.5, 0.6) is 0 Å². The molecule has 0 spiro atoms. The summed E-state index contributed by atoms with van der Waals surface area (Å²) in [6.07, 6.45) is 1.05. The maximum atomic E-state index is 13.0. The van der Waals surface area contributed by atoms with E-state index in [0.717, 1.165) is 13.0 Å². The van der Waals surface area contributed by atoms with Gasteiger partial charge in [-0.25, -0.2) is 8.42 Å². The fraction of sp³-hybridized carbons (Fsp3) is 0.529. The molecule has 1 aromatic carbocycles. The molecule has 26 heavy (non-hydrogen) atoms. The highest BCUT2D eigenvalue weighted by atomic mass is 32.2. The van der Waals surface area contributed by atoms with Crippen LogP contribution in [0.3, 0.4) is 0 Å². The van der Waals surface area contributed by atoms with Crippen LogP contribution in [-0.4, -0.2) is 59.5 Å². The molecule has 0 atom stereocenters. The Morgan fingerprint density at radius 1 is 0.923 bits per heavy atom. The Hall–Kier alpha value is -1.97. The molecule has 0 N–H and O–H groups in total. The number of piperazine rings is 1. The van der Waals surface area contributed by atoms with Crippen LogP contribution >= 0.6 is 0 Å². The number of nitrogens with zero attached hydrogens (tertiary/aromatic N) is 4. The van der Waals surface area contributed by atoms with E-state index in [2.05, 4.69) is 11.8 Å². The van der Waals surface area contributed by atoms with Crippen molar-refractivity contribution in [1.29, 1.82) is 0 Å². The largest absolute Gasteiger partial charge is 0.316 e. The SMILES string of the molecule is CCCN1CCN(S(=O)(=O)c2ccc3c(c2)n(C)c(=O)c(=O)n3C)CC1. The van der Waals surface area contributed by atoms with Gasteiger partial charge in [-0.2, -0.15) is 4.31 Å². The zero-order valence-electron chi connectivity index (χ0n) is 15.3. The molecule has 0 saturated carbocycles. The van der Waals surface area contributed by atoms with Crippen molar-refractivity contribution in [2.24, 2.45) is 14.1 Å². The van der Waals surface area contributed by atoms with Gasteiger partial charge in [0.1, 0.15) is 0 Å². The third-order valence-electron chi connectivity index (χ3n) is 4.97. The fourth-order valence-electron chi connectivity index (χ4n) is 3.38. The first kappa shape index (κ1) is 18.8. The molecule has 0 radical (unpaired) electrons. The molecule has 1 saturated heterocycles. The minimum absolute atomic E-state index is 0.141. The van der Waals surface area contributed by atoms with Gasteiger partial charge in [0.15, 0.2) is 0 Å². The number of aryl methyl sites for hydroxylation is 2. The molecule has 1 aromatic heterocycles. The van der Waals surface area contributed by atoms with Gasteiger partial charge in [0.05, 0.1) is 15.9 Å². The predicted molar refractivity (Wildman–Crippen MR) is 99.9 cm³/mol. The molecule has 1 fully saturated rings. The molecule has 0 bridgehead atoms. The Morgan fingerprint density at radius 2 is 1.50 bits per heavy atom. The Kier molecular flexibility index (Phi) is 5.05. The summed E-state index contributed by atoms with van der Waals surface area (Å²) in [4.78, 5) is 26.3. The molecule has 1 aliphatic rings. The average molecular weight is 380 g/mol. The third kappa shape index (κ3) is 3.10. The van der Waals surface area contributed by atoms with Crippen LogP contribution in [0.25, 0.3) is 11.0 Å². The first-order valence-electron chi connectivity index (χ1n) is 8.69. The summed E-state index contributed by atoms with van der Waals surface area (Å²) in [6, 6.07) is 4.56. The van der Waals surface area contributed by atoms with Gasteiger partial charge in [-0.1, -0.05) is 6.92 Å². The lowest BCUT2D eigenvalue weighted by Crippen LogP contribution is -2.48. The number of hydrogen-bond donors (Lipinski definition) is 0. The molecule has 2 heterocycles. The summed E-state index contributed by atoms with van der Waals surface area (Å²) in [5, 5.41) is 0. The second-order valence-corrected chi connectivity index (χ2v) is 8.56. The van der Waals surface area contributed by atoms with E-state index in [0.29, 0.717) is 37.2 Å². The van der Waals surface area contributed by atoms with E-state index in [1.165, 1.54) is 39.7 Å². The molecular weight excluding hydrogens is 356 g/mol. The Labute approximate surface area is 152 Å². The van der Waals surface area contributed by atoms with E-state index >= 15 is 0 Å². The second-order valence-electron chi connectivity index (χ2n) is 6.62. The molecule has 0 aliphatic carbocycles. The molecule has 0 unspecified atom stereocenters. The first-order valence-corrected chi connectivity index (χ1v) is 10.1. The number of fused-ring (bicyclic) bond motifs is 1. The van der Waals surface area contributed by atoms with Gasteiger partial charge in [0, 0.05) is 40.3 Å². The Morgan fingerprint density at radius 3 is 2.08 bits per heavy atom. The summed E-state index contributed by atoms with van der Waals surface area (Å²) >= 11 is 0. The summed E-state index contributed by atoms with van der Waals surface area (Å²) in [5.41, 5.74) is -0.378. The normalized spacial score (nSPS) is 17.0. The Bertz CT molecular complexity index is 1050. The number of sulfonamides is 1. The van der Waals surface area contributed by atoms with E-state index < -0.39 is 21.1 Å². The van der Waals surface area contributed by atoms with Crippen molar-refractivity contribution in [2.45, 2.75) is 18.2 Å². The molecule has 2 aromatic rings. The summed E-state index contributed by atoms with van der Waals surface area (Å²) in [5.74, 6) is 0. The van der Waals surface area contributed by atoms with Gasteiger partial charge in [-0.15, -0.1) is 0 Å². The maximum absolute atomic E-state index is 13.0. The predicted octanol–water partition coefficient (Wildman–Crippen LogP) is -0.0465. The zero-order valence-corrected chi connectivity index (χ0v) is 16.1. The standard InChI is InChI=1S/C17H24N4O4S/c1-4-7-20-8-10-21(11-9-20)26(24,25)13-5-6-14-15(12-13)19(3)17(23)16(22)18(14)2/h5-6,12H,4,7-11H2,1-3H3. The number of benzene rings is 1. The van der Waals surface area contributed by atoms with E-state index in [1.807, 2.05) is 0 Å². The van der Waals surface area contributed by atoms with Crippen molar-refractivity contribution in [1.82, 2.24) is 18.3 Å². The van der Waals surface area contributed by atoms with Crippen LogP contribution in [0.1, 0.15) is 13.3 Å². The van der Waals surface area contributed by atoms with Gasteiger partial charge in [-0.05, 0) is 31.2 Å². The van der Waals surface area contributed by atoms with Gasteiger partial charge in [-0.3, -0.25) is 9.59 Å². The molecule has 1 aliphatic heterocycles. The van der Waals surface area contributed by atoms with Crippen LogP contribution in [0, 0.1) is 0 Å². The highest BCUT2D eigenvalue weighted by Crippen LogP contribution is 2.21. The monoisotopic (exact) mass is 380 g/mol. The molecule has 3 rings (SSSR count). The van der Waals surface area contributed by atoms with Crippen molar-refractivity contribution in [2.75, 3.05) is 32.7 Å². The minimum atomic E-state index is -3.64. The maximum Gasteiger partial charge on any atom is 0.316 e. The van der Waals surface area contributed by atoms with Gasteiger partial charge in [0.2, 0.25) is 10.0 Å². The number of hydrogen-bond acceptors (Lipinski definition) is 5. The van der Waals surface area contributed by atoms with Crippen molar-refractivity contribution >= 4 is 21.1 Å². The van der Waals surface area contributed by atoms with Crippen molar-refractivity contribution in [3.63, 3.8) is 0 Å².